The fourth-order valence-corrected chi connectivity index (χ4v) is 2.04. The van der Waals surface area contributed by atoms with Gasteiger partial charge in [0.05, 0.1) is 5.69 Å². The van der Waals surface area contributed by atoms with E-state index in [4.69, 9.17) is 0 Å². The van der Waals surface area contributed by atoms with Crippen LogP contribution in [0.3, 0.4) is 0 Å². The van der Waals surface area contributed by atoms with Crippen LogP contribution in [-0.2, 0) is 19.9 Å². The van der Waals surface area contributed by atoms with E-state index >= 15 is 0 Å². The van der Waals surface area contributed by atoms with Gasteiger partial charge in [-0.2, -0.15) is 5.10 Å². The van der Waals surface area contributed by atoms with Crippen LogP contribution in [0.25, 0.3) is 0 Å². The number of hydrogen-bond acceptors (Lipinski definition) is 2. The number of nitrogens with one attached hydrogen (secondary N) is 1. The van der Waals surface area contributed by atoms with Gasteiger partial charge in [0.25, 0.3) is 0 Å². The van der Waals surface area contributed by atoms with Gasteiger partial charge in [0.2, 0.25) is 0 Å². The van der Waals surface area contributed by atoms with Gasteiger partial charge in [0.1, 0.15) is 0 Å². The van der Waals surface area contributed by atoms with E-state index in [0.29, 0.717) is 5.92 Å². The topological polar surface area (TPSA) is 29.9 Å². The first-order valence-electron chi connectivity index (χ1n) is 7.12. The molecule has 1 unspecified atom stereocenters. The Labute approximate surface area is 112 Å². The van der Waals surface area contributed by atoms with Crippen LogP contribution in [0.1, 0.15) is 52.4 Å². The zero-order valence-corrected chi connectivity index (χ0v) is 12.9. The van der Waals surface area contributed by atoms with Gasteiger partial charge in [-0.15, -0.1) is 0 Å². The van der Waals surface area contributed by atoms with Crippen molar-refractivity contribution in [3.8, 4) is 0 Å². The second-order valence-corrected chi connectivity index (χ2v) is 6.21. The molecule has 1 aromatic rings. The van der Waals surface area contributed by atoms with Crippen molar-refractivity contribution in [2.75, 3.05) is 6.54 Å². The molecule has 1 aromatic heterocycles. The summed E-state index contributed by atoms with van der Waals surface area (Å²) in [5.74, 6) is 0.685. The fourth-order valence-electron chi connectivity index (χ4n) is 2.04. The van der Waals surface area contributed by atoms with Crippen molar-refractivity contribution < 1.29 is 0 Å². The predicted molar refractivity (Wildman–Crippen MR) is 77.8 cm³/mol. The zero-order valence-electron chi connectivity index (χ0n) is 12.9. The molecule has 0 fully saturated rings. The Morgan fingerprint density at radius 2 is 2.00 bits per heavy atom. The highest BCUT2D eigenvalue weighted by Gasteiger charge is 2.15. The van der Waals surface area contributed by atoms with Gasteiger partial charge in [-0.25, -0.2) is 0 Å². The van der Waals surface area contributed by atoms with Crippen LogP contribution in [-0.4, -0.2) is 21.9 Å². The Kier molecular flexibility index (Phi) is 5.39. The third-order valence-corrected chi connectivity index (χ3v) is 3.39. The van der Waals surface area contributed by atoms with Gasteiger partial charge in [-0.1, -0.05) is 20.3 Å². The molecule has 104 valence electrons. The first kappa shape index (κ1) is 15.2. The summed E-state index contributed by atoms with van der Waals surface area (Å²) < 4.78 is 2.04. The first-order valence-corrected chi connectivity index (χ1v) is 7.12. The highest BCUT2D eigenvalue weighted by molar-refractivity contribution is 5.11. The third kappa shape index (κ3) is 4.81. The van der Waals surface area contributed by atoms with E-state index in [1.165, 1.54) is 17.8 Å². The minimum atomic E-state index is 0.203. The second-order valence-electron chi connectivity index (χ2n) is 6.21. The molecule has 1 heterocycles. The van der Waals surface area contributed by atoms with Crippen molar-refractivity contribution in [1.29, 1.82) is 0 Å². The molecule has 18 heavy (non-hydrogen) atoms. The van der Waals surface area contributed by atoms with Crippen LogP contribution in [0.4, 0.5) is 0 Å². The summed E-state index contributed by atoms with van der Waals surface area (Å²) in [4.78, 5) is 0. The van der Waals surface area contributed by atoms with Gasteiger partial charge in [0, 0.05) is 18.3 Å². The Bertz CT molecular complexity index is 360. The minimum Gasteiger partial charge on any atom is -0.312 e. The average Bonchev–Trinajstić information content (AvgIpc) is 2.64. The lowest BCUT2D eigenvalue weighted by Gasteiger charge is -2.24. The Morgan fingerprint density at radius 1 is 1.33 bits per heavy atom. The first-order chi connectivity index (χ1) is 8.35. The van der Waals surface area contributed by atoms with E-state index in [1.807, 2.05) is 4.68 Å². The average molecular weight is 251 g/mol. The minimum absolute atomic E-state index is 0.203. The molecule has 0 saturated carbocycles. The van der Waals surface area contributed by atoms with Crippen molar-refractivity contribution in [2.24, 2.45) is 13.0 Å². The summed E-state index contributed by atoms with van der Waals surface area (Å²) in [6.07, 6.45) is 3.34. The highest BCUT2D eigenvalue weighted by Crippen LogP contribution is 2.14. The van der Waals surface area contributed by atoms with Crippen molar-refractivity contribution in [2.45, 2.75) is 59.4 Å². The quantitative estimate of drug-likeness (QED) is 0.842. The highest BCUT2D eigenvalue weighted by atomic mass is 15.3. The molecule has 0 bridgehead atoms. The molecular weight excluding hydrogens is 222 g/mol. The third-order valence-electron chi connectivity index (χ3n) is 3.39. The maximum atomic E-state index is 4.52. The molecule has 0 aliphatic rings. The van der Waals surface area contributed by atoms with E-state index < -0.39 is 0 Å². The van der Waals surface area contributed by atoms with E-state index in [9.17, 15) is 0 Å². The number of nitrogens with zero attached hydrogens (tertiary/aromatic N) is 2. The Balaban J connectivity index is 2.59. The van der Waals surface area contributed by atoms with Gasteiger partial charge in [0.15, 0.2) is 0 Å². The molecule has 0 aromatic carbocycles. The van der Waals surface area contributed by atoms with Gasteiger partial charge < -0.3 is 5.32 Å². The monoisotopic (exact) mass is 251 g/mol. The molecule has 3 nitrogen and oxygen atoms in total. The summed E-state index contributed by atoms with van der Waals surface area (Å²) in [5.41, 5.74) is 2.76. The SMILES string of the molecule is CCc1cc(CC(CC)CNC(C)(C)C)n(C)n1. The molecule has 0 aliphatic heterocycles. The molecule has 1 atom stereocenters. The van der Waals surface area contributed by atoms with Crippen LogP contribution in [0.2, 0.25) is 0 Å². The summed E-state index contributed by atoms with van der Waals surface area (Å²) in [7, 11) is 2.05. The molecule has 0 amide bonds. The molecule has 1 N–H and O–H groups in total. The van der Waals surface area contributed by atoms with E-state index in [0.717, 1.165) is 19.4 Å². The van der Waals surface area contributed by atoms with Crippen LogP contribution >= 0.6 is 0 Å². The lowest BCUT2D eigenvalue weighted by atomic mass is 9.98. The van der Waals surface area contributed by atoms with E-state index in [1.54, 1.807) is 0 Å². The van der Waals surface area contributed by atoms with E-state index in [-0.39, 0.29) is 5.54 Å². The summed E-state index contributed by atoms with van der Waals surface area (Å²) >= 11 is 0. The molecule has 0 spiro atoms. The van der Waals surface area contributed by atoms with E-state index in [2.05, 4.69) is 58.1 Å². The van der Waals surface area contributed by atoms with Crippen LogP contribution in [0, 0.1) is 5.92 Å². The standard InChI is InChI=1S/C15H29N3/c1-7-12(11-16-15(3,4)5)9-14-10-13(8-2)17-18(14)6/h10,12,16H,7-9,11H2,1-6H3. The predicted octanol–water partition coefficient (Wildman–Crippen LogP) is 2.94. The molecule has 0 aliphatic carbocycles. The van der Waals surface area contributed by atoms with Crippen molar-refractivity contribution in [3.63, 3.8) is 0 Å². The Hall–Kier alpha value is -0.830. The van der Waals surface area contributed by atoms with Crippen LogP contribution in [0.15, 0.2) is 6.07 Å². The number of hydrogen-bond donors (Lipinski definition) is 1. The maximum absolute atomic E-state index is 4.52. The van der Waals surface area contributed by atoms with Crippen molar-refractivity contribution in [3.05, 3.63) is 17.5 Å². The van der Waals surface area contributed by atoms with Gasteiger partial charge >= 0.3 is 0 Å². The van der Waals surface area contributed by atoms with Crippen LogP contribution < -0.4 is 5.32 Å². The number of rotatable bonds is 6. The maximum Gasteiger partial charge on any atom is 0.0624 e. The molecular formula is C15H29N3. The molecule has 0 radical (unpaired) electrons. The van der Waals surface area contributed by atoms with Crippen molar-refractivity contribution >= 4 is 0 Å². The molecule has 3 heteroatoms. The number of aryl methyl sites for hydroxylation is 2. The normalized spacial score (nSPS) is 13.9. The molecule has 1 rings (SSSR count). The smallest absolute Gasteiger partial charge is 0.0624 e. The summed E-state index contributed by atoms with van der Waals surface area (Å²) in [6, 6.07) is 2.25. The lowest BCUT2D eigenvalue weighted by molar-refractivity contribution is 0.359. The van der Waals surface area contributed by atoms with Crippen LogP contribution in [0.5, 0.6) is 0 Å². The second kappa shape index (κ2) is 6.37. The van der Waals surface area contributed by atoms with Gasteiger partial charge in [-0.3, -0.25) is 4.68 Å². The summed E-state index contributed by atoms with van der Waals surface area (Å²) in [5, 5.41) is 8.13. The molecule has 0 saturated heterocycles. The Morgan fingerprint density at radius 3 is 2.44 bits per heavy atom. The largest absolute Gasteiger partial charge is 0.312 e. The van der Waals surface area contributed by atoms with Gasteiger partial charge in [-0.05, 0) is 52.1 Å². The lowest BCUT2D eigenvalue weighted by Crippen LogP contribution is -2.39. The zero-order chi connectivity index (χ0) is 13.8. The number of aromatic nitrogens is 2. The summed E-state index contributed by atoms with van der Waals surface area (Å²) in [6.45, 7) is 12.2. The van der Waals surface area contributed by atoms with Crippen molar-refractivity contribution in [1.82, 2.24) is 15.1 Å². The fraction of sp³-hybridized carbons (Fsp3) is 0.800.